The number of hydrogen-bond donors (Lipinski definition) is 1. The van der Waals surface area contributed by atoms with Gasteiger partial charge in [-0.3, -0.25) is 0 Å². The van der Waals surface area contributed by atoms with Gasteiger partial charge in [0.25, 0.3) is 0 Å². The lowest BCUT2D eigenvalue weighted by Crippen LogP contribution is -2.46. The van der Waals surface area contributed by atoms with Crippen LogP contribution >= 0.6 is 11.8 Å². The van der Waals surface area contributed by atoms with E-state index in [9.17, 15) is 0 Å². The third-order valence-corrected chi connectivity index (χ3v) is 4.57. The Morgan fingerprint density at radius 1 is 1.33 bits per heavy atom. The molecule has 0 aromatic rings. The van der Waals surface area contributed by atoms with E-state index in [0.717, 1.165) is 18.0 Å². The van der Waals surface area contributed by atoms with E-state index in [1.165, 1.54) is 38.2 Å². The first-order chi connectivity index (χ1) is 7.25. The largest absolute Gasteiger partial charge is 0.306 e. The molecule has 2 fully saturated rings. The average molecular weight is 229 g/mol. The van der Waals surface area contributed by atoms with Crippen LogP contribution in [0, 0.1) is 0 Å². The SMILES string of the molecule is CN(C)C1CCN(CC2CSCN2)CC1. The lowest BCUT2D eigenvalue weighted by Gasteiger charge is -2.36. The number of thioether (sulfide) groups is 1. The van der Waals surface area contributed by atoms with Gasteiger partial charge >= 0.3 is 0 Å². The number of piperidine rings is 1. The summed E-state index contributed by atoms with van der Waals surface area (Å²) in [5, 5.41) is 3.55. The minimum Gasteiger partial charge on any atom is -0.306 e. The van der Waals surface area contributed by atoms with Crippen molar-refractivity contribution in [2.24, 2.45) is 0 Å². The van der Waals surface area contributed by atoms with Crippen LogP contribution in [0.5, 0.6) is 0 Å². The van der Waals surface area contributed by atoms with E-state index < -0.39 is 0 Å². The summed E-state index contributed by atoms with van der Waals surface area (Å²) in [6, 6.07) is 1.55. The molecule has 88 valence electrons. The zero-order chi connectivity index (χ0) is 10.7. The Hall–Kier alpha value is 0.230. The highest BCUT2D eigenvalue weighted by Crippen LogP contribution is 2.16. The standard InChI is InChI=1S/C11H23N3S/c1-13(2)11-3-5-14(6-4-11)7-10-8-15-9-12-10/h10-12H,3-9H2,1-2H3. The molecule has 1 unspecified atom stereocenters. The lowest BCUT2D eigenvalue weighted by molar-refractivity contribution is 0.139. The van der Waals surface area contributed by atoms with Crippen molar-refractivity contribution in [2.45, 2.75) is 24.9 Å². The first kappa shape index (κ1) is 11.7. The first-order valence-electron chi connectivity index (χ1n) is 5.95. The number of hydrogen-bond acceptors (Lipinski definition) is 4. The molecule has 0 bridgehead atoms. The summed E-state index contributed by atoms with van der Waals surface area (Å²) >= 11 is 2.03. The molecule has 3 nitrogen and oxygen atoms in total. The minimum atomic E-state index is 0.742. The van der Waals surface area contributed by atoms with Crippen molar-refractivity contribution in [2.75, 3.05) is 45.4 Å². The third kappa shape index (κ3) is 3.34. The molecule has 15 heavy (non-hydrogen) atoms. The van der Waals surface area contributed by atoms with E-state index in [0.29, 0.717) is 0 Å². The molecule has 4 heteroatoms. The summed E-state index contributed by atoms with van der Waals surface area (Å²) in [4.78, 5) is 5.00. The van der Waals surface area contributed by atoms with Crippen molar-refractivity contribution < 1.29 is 0 Å². The van der Waals surface area contributed by atoms with Crippen LogP contribution in [0.4, 0.5) is 0 Å². The van der Waals surface area contributed by atoms with Gasteiger partial charge < -0.3 is 15.1 Å². The Morgan fingerprint density at radius 2 is 2.07 bits per heavy atom. The molecule has 0 amide bonds. The van der Waals surface area contributed by atoms with Gasteiger partial charge in [-0.25, -0.2) is 0 Å². The van der Waals surface area contributed by atoms with E-state index in [2.05, 4.69) is 29.2 Å². The number of likely N-dealkylation sites (tertiary alicyclic amines) is 1. The van der Waals surface area contributed by atoms with E-state index in [4.69, 9.17) is 0 Å². The fraction of sp³-hybridized carbons (Fsp3) is 1.00. The molecule has 1 atom stereocenters. The van der Waals surface area contributed by atoms with Crippen LogP contribution in [-0.2, 0) is 0 Å². The van der Waals surface area contributed by atoms with Gasteiger partial charge in [0.05, 0.1) is 0 Å². The van der Waals surface area contributed by atoms with Gasteiger partial charge in [-0.05, 0) is 40.0 Å². The molecule has 2 aliphatic heterocycles. The molecule has 2 saturated heterocycles. The monoisotopic (exact) mass is 229 g/mol. The van der Waals surface area contributed by atoms with Crippen molar-refractivity contribution in [3.8, 4) is 0 Å². The Bertz CT molecular complexity index is 184. The van der Waals surface area contributed by atoms with Gasteiger partial charge in [0.15, 0.2) is 0 Å². The summed E-state index contributed by atoms with van der Waals surface area (Å²) in [6.45, 7) is 3.82. The smallest absolute Gasteiger partial charge is 0.0421 e. The van der Waals surface area contributed by atoms with Gasteiger partial charge in [-0.15, -0.1) is 11.8 Å². The van der Waals surface area contributed by atoms with E-state index in [-0.39, 0.29) is 0 Å². The van der Waals surface area contributed by atoms with Crippen LogP contribution in [0.1, 0.15) is 12.8 Å². The van der Waals surface area contributed by atoms with Crippen LogP contribution in [0.2, 0.25) is 0 Å². The van der Waals surface area contributed by atoms with Gasteiger partial charge in [0.1, 0.15) is 0 Å². The molecular weight excluding hydrogens is 206 g/mol. The van der Waals surface area contributed by atoms with Gasteiger partial charge in [0, 0.05) is 30.3 Å². The number of nitrogens with one attached hydrogen (secondary N) is 1. The van der Waals surface area contributed by atoms with Gasteiger partial charge in [-0.2, -0.15) is 0 Å². The molecule has 0 radical (unpaired) electrons. The Kier molecular flexibility index (Phi) is 4.31. The highest BCUT2D eigenvalue weighted by Gasteiger charge is 2.23. The Morgan fingerprint density at radius 3 is 2.60 bits per heavy atom. The molecule has 0 aliphatic carbocycles. The fourth-order valence-corrected chi connectivity index (χ4v) is 3.46. The van der Waals surface area contributed by atoms with Crippen molar-refractivity contribution >= 4 is 11.8 Å². The molecular formula is C11H23N3S. The molecule has 0 spiro atoms. The second-order valence-electron chi connectivity index (χ2n) is 4.91. The normalized spacial score (nSPS) is 30.2. The highest BCUT2D eigenvalue weighted by atomic mass is 32.2. The quantitative estimate of drug-likeness (QED) is 0.766. The predicted molar refractivity (Wildman–Crippen MR) is 67.4 cm³/mol. The van der Waals surface area contributed by atoms with Crippen LogP contribution in [-0.4, -0.2) is 67.2 Å². The molecule has 0 aromatic heterocycles. The molecule has 2 rings (SSSR count). The van der Waals surface area contributed by atoms with Crippen LogP contribution in [0.25, 0.3) is 0 Å². The van der Waals surface area contributed by atoms with E-state index in [1.807, 2.05) is 11.8 Å². The van der Waals surface area contributed by atoms with Gasteiger partial charge in [0.2, 0.25) is 0 Å². The van der Waals surface area contributed by atoms with Crippen molar-refractivity contribution in [1.29, 1.82) is 0 Å². The Balaban J connectivity index is 1.68. The highest BCUT2D eigenvalue weighted by molar-refractivity contribution is 7.99. The summed E-state index contributed by atoms with van der Waals surface area (Å²) in [5.41, 5.74) is 0. The topological polar surface area (TPSA) is 18.5 Å². The number of nitrogens with zero attached hydrogens (tertiary/aromatic N) is 2. The van der Waals surface area contributed by atoms with Crippen LogP contribution < -0.4 is 5.32 Å². The molecule has 2 heterocycles. The van der Waals surface area contributed by atoms with Crippen molar-refractivity contribution in [3.63, 3.8) is 0 Å². The molecule has 1 N–H and O–H groups in total. The number of rotatable bonds is 3. The molecule has 0 saturated carbocycles. The molecule has 2 aliphatic rings. The summed E-state index contributed by atoms with van der Waals surface area (Å²) in [5.74, 6) is 2.45. The van der Waals surface area contributed by atoms with Crippen LogP contribution in [0.15, 0.2) is 0 Å². The second kappa shape index (κ2) is 5.53. The summed E-state index contributed by atoms with van der Waals surface area (Å²) < 4.78 is 0. The first-order valence-corrected chi connectivity index (χ1v) is 7.11. The van der Waals surface area contributed by atoms with Crippen LogP contribution in [0.3, 0.4) is 0 Å². The minimum absolute atomic E-state index is 0.742. The van der Waals surface area contributed by atoms with Crippen molar-refractivity contribution in [3.05, 3.63) is 0 Å². The van der Waals surface area contributed by atoms with E-state index in [1.54, 1.807) is 0 Å². The lowest BCUT2D eigenvalue weighted by atomic mass is 10.0. The molecule has 0 aromatic carbocycles. The summed E-state index contributed by atoms with van der Waals surface area (Å²) in [7, 11) is 4.41. The zero-order valence-corrected chi connectivity index (χ0v) is 10.7. The fourth-order valence-electron chi connectivity index (χ4n) is 2.48. The summed E-state index contributed by atoms with van der Waals surface area (Å²) in [6.07, 6.45) is 2.68. The average Bonchev–Trinajstić information content (AvgIpc) is 2.71. The maximum atomic E-state index is 3.55. The third-order valence-electron chi connectivity index (χ3n) is 3.56. The Labute approximate surface area is 97.6 Å². The second-order valence-corrected chi connectivity index (χ2v) is 5.94. The predicted octanol–water partition coefficient (Wildman–Crippen LogP) is 0.675. The maximum absolute atomic E-state index is 3.55. The van der Waals surface area contributed by atoms with Crippen molar-refractivity contribution in [1.82, 2.24) is 15.1 Å². The van der Waals surface area contributed by atoms with Gasteiger partial charge in [-0.1, -0.05) is 0 Å². The van der Waals surface area contributed by atoms with E-state index >= 15 is 0 Å². The zero-order valence-electron chi connectivity index (χ0n) is 9.91. The maximum Gasteiger partial charge on any atom is 0.0421 e.